The third kappa shape index (κ3) is 5.27. The van der Waals surface area contributed by atoms with E-state index >= 15 is 0 Å². The van der Waals surface area contributed by atoms with Gasteiger partial charge in [0.2, 0.25) is 0 Å². The quantitative estimate of drug-likeness (QED) is 0.329. The number of carbonyl (C=O) groups is 1. The summed E-state index contributed by atoms with van der Waals surface area (Å²) in [6, 6.07) is 10.7. The van der Waals surface area contributed by atoms with Gasteiger partial charge in [0.1, 0.15) is 17.2 Å². The van der Waals surface area contributed by atoms with Gasteiger partial charge in [0.15, 0.2) is 5.17 Å². The van der Waals surface area contributed by atoms with Crippen molar-refractivity contribution in [3.63, 3.8) is 0 Å². The molecule has 1 amide bonds. The largest absolute Gasteiger partial charge is 0.435 e. The van der Waals surface area contributed by atoms with Crippen molar-refractivity contribution in [2.75, 3.05) is 4.90 Å². The molecule has 0 N–H and O–H groups in total. The van der Waals surface area contributed by atoms with Crippen molar-refractivity contribution < 1.29 is 22.8 Å². The second kappa shape index (κ2) is 10.2. The SMILES string of the molecule is Cc1noc(C)c1CSC1=NC(=Cc2ccc(Cl)cc2Cl)C(=O)N1c1ccc(OC(F)F)cc1. The van der Waals surface area contributed by atoms with Crippen LogP contribution in [0.1, 0.15) is 22.6 Å². The highest BCUT2D eigenvalue weighted by Crippen LogP contribution is 2.34. The average Bonchev–Trinajstić information content (AvgIpc) is 3.27. The molecule has 0 unspecified atom stereocenters. The number of rotatable bonds is 6. The number of anilines is 1. The Morgan fingerprint density at radius 3 is 2.53 bits per heavy atom. The summed E-state index contributed by atoms with van der Waals surface area (Å²) >= 11 is 13.6. The molecule has 0 fully saturated rings. The zero-order valence-corrected chi connectivity index (χ0v) is 20.2. The minimum absolute atomic E-state index is 0.0176. The number of hydrogen-bond acceptors (Lipinski definition) is 6. The number of aliphatic imine (C=N–C) groups is 1. The maximum atomic E-state index is 13.3. The van der Waals surface area contributed by atoms with Crippen molar-refractivity contribution in [1.82, 2.24) is 5.16 Å². The van der Waals surface area contributed by atoms with Crippen LogP contribution in [0.4, 0.5) is 14.5 Å². The minimum Gasteiger partial charge on any atom is -0.435 e. The summed E-state index contributed by atoms with van der Waals surface area (Å²) in [5.41, 5.74) is 2.84. The van der Waals surface area contributed by atoms with E-state index in [9.17, 15) is 13.6 Å². The predicted molar refractivity (Wildman–Crippen MR) is 130 cm³/mol. The first kappa shape index (κ1) is 24.3. The smallest absolute Gasteiger partial charge is 0.387 e. The topological polar surface area (TPSA) is 67.9 Å². The molecular weight excluding hydrogens is 507 g/mol. The Morgan fingerprint density at radius 1 is 1.18 bits per heavy atom. The minimum atomic E-state index is -2.94. The molecular formula is C23H17Cl2F2N3O3S. The van der Waals surface area contributed by atoms with Crippen LogP contribution in [0.2, 0.25) is 10.0 Å². The van der Waals surface area contributed by atoms with Crippen LogP contribution >= 0.6 is 35.0 Å². The molecule has 2 heterocycles. The number of amidine groups is 1. The van der Waals surface area contributed by atoms with Gasteiger partial charge in [-0.1, -0.05) is 46.2 Å². The first-order valence-electron chi connectivity index (χ1n) is 9.92. The maximum absolute atomic E-state index is 13.3. The molecule has 11 heteroatoms. The standard InChI is InChI=1S/C23H17Cl2F2N3O3S/c1-12-18(13(2)33-29-12)11-34-23-28-20(9-14-3-4-15(24)10-19(14)25)21(31)30(23)16-5-7-17(8-6-16)32-22(26)27/h3-10,22H,11H2,1-2H3. The number of aromatic nitrogens is 1. The van der Waals surface area contributed by atoms with Crippen molar-refractivity contribution in [2.24, 2.45) is 4.99 Å². The molecule has 0 saturated carbocycles. The predicted octanol–water partition coefficient (Wildman–Crippen LogP) is 6.88. The molecule has 34 heavy (non-hydrogen) atoms. The van der Waals surface area contributed by atoms with Crippen LogP contribution < -0.4 is 9.64 Å². The van der Waals surface area contributed by atoms with Gasteiger partial charge in [-0.15, -0.1) is 0 Å². The van der Waals surface area contributed by atoms with E-state index in [1.807, 2.05) is 13.8 Å². The van der Waals surface area contributed by atoms with E-state index in [1.54, 1.807) is 24.3 Å². The molecule has 0 radical (unpaired) electrons. The van der Waals surface area contributed by atoms with Crippen LogP contribution in [0.25, 0.3) is 6.08 Å². The monoisotopic (exact) mass is 523 g/mol. The van der Waals surface area contributed by atoms with Gasteiger partial charge >= 0.3 is 6.61 Å². The van der Waals surface area contributed by atoms with E-state index in [0.29, 0.717) is 38.0 Å². The number of hydrogen-bond donors (Lipinski definition) is 0. The second-order valence-corrected chi connectivity index (χ2v) is 8.98. The van der Waals surface area contributed by atoms with Crippen molar-refractivity contribution in [3.8, 4) is 5.75 Å². The third-order valence-corrected chi connectivity index (χ3v) is 6.46. The number of nitrogens with zero attached hydrogens (tertiary/aromatic N) is 3. The lowest BCUT2D eigenvalue weighted by Crippen LogP contribution is -2.30. The Hall–Kier alpha value is -2.88. The number of ether oxygens (including phenoxy) is 1. The second-order valence-electron chi connectivity index (χ2n) is 7.19. The fourth-order valence-corrected chi connectivity index (χ4v) is 4.84. The molecule has 1 aromatic heterocycles. The molecule has 176 valence electrons. The van der Waals surface area contributed by atoms with Gasteiger partial charge in [0.05, 0.1) is 11.4 Å². The van der Waals surface area contributed by atoms with Gasteiger partial charge in [-0.2, -0.15) is 8.78 Å². The van der Waals surface area contributed by atoms with Crippen LogP contribution in [0.15, 0.2) is 57.7 Å². The summed E-state index contributed by atoms with van der Waals surface area (Å²) in [6.45, 7) is 0.701. The van der Waals surface area contributed by atoms with E-state index in [0.717, 1.165) is 11.3 Å². The van der Waals surface area contributed by atoms with Crippen LogP contribution in [0, 0.1) is 13.8 Å². The molecule has 0 aliphatic carbocycles. The molecule has 6 nitrogen and oxygen atoms in total. The Labute approximate surface area is 208 Å². The first-order valence-corrected chi connectivity index (χ1v) is 11.7. The van der Waals surface area contributed by atoms with Crippen molar-refractivity contribution in [2.45, 2.75) is 26.2 Å². The Kier molecular flexibility index (Phi) is 7.25. The summed E-state index contributed by atoms with van der Waals surface area (Å²) in [4.78, 5) is 19.3. The fourth-order valence-electron chi connectivity index (χ4n) is 3.21. The molecule has 1 aliphatic heterocycles. The number of alkyl halides is 2. The van der Waals surface area contributed by atoms with Crippen molar-refractivity contribution in [1.29, 1.82) is 0 Å². The number of halogens is 4. The van der Waals surface area contributed by atoms with Gasteiger partial charge in [0.25, 0.3) is 5.91 Å². The molecule has 3 aromatic rings. The Balaban J connectivity index is 1.68. The lowest BCUT2D eigenvalue weighted by Gasteiger charge is -2.18. The lowest BCUT2D eigenvalue weighted by molar-refractivity contribution is -0.113. The summed E-state index contributed by atoms with van der Waals surface area (Å²) in [6.07, 6.45) is 1.58. The van der Waals surface area contributed by atoms with Gasteiger partial charge < -0.3 is 9.26 Å². The number of amides is 1. The molecule has 0 bridgehead atoms. The maximum Gasteiger partial charge on any atom is 0.387 e. The Morgan fingerprint density at radius 2 is 1.91 bits per heavy atom. The van der Waals surface area contributed by atoms with Crippen LogP contribution in [-0.2, 0) is 10.5 Å². The van der Waals surface area contributed by atoms with Crippen molar-refractivity contribution >= 4 is 57.8 Å². The highest BCUT2D eigenvalue weighted by atomic mass is 35.5. The van der Waals surface area contributed by atoms with E-state index in [4.69, 9.17) is 27.7 Å². The van der Waals surface area contributed by atoms with Crippen molar-refractivity contribution in [3.05, 3.63) is 80.8 Å². The highest BCUT2D eigenvalue weighted by molar-refractivity contribution is 8.13. The van der Waals surface area contributed by atoms with Crippen LogP contribution in [0.3, 0.4) is 0 Å². The zero-order chi connectivity index (χ0) is 24.4. The van der Waals surface area contributed by atoms with Gasteiger partial charge in [-0.3, -0.25) is 9.69 Å². The molecule has 4 rings (SSSR count). The lowest BCUT2D eigenvalue weighted by atomic mass is 10.2. The average molecular weight is 524 g/mol. The van der Waals surface area contributed by atoms with Gasteiger partial charge in [-0.25, -0.2) is 4.99 Å². The Bertz CT molecular complexity index is 1270. The summed E-state index contributed by atoms with van der Waals surface area (Å²) in [7, 11) is 0. The normalized spacial score (nSPS) is 14.9. The van der Waals surface area contributed by atoms with Gasteiger partial charge in [-0.05, 0) is 61.9 Å². The fraction of sp³-hybridized carbons (Fsp3) is 0.174. The number of aryl methyl sites for hydroxylation is 2. The van der Waals surface area contributed by atoms with E-state index < -0.39 is 12.5 Å². The number of benzene rings is 2. The summed E-state index contributed by atoms with van der Waals surface area (Å²) < 4.78 is 34.6. The molecule has 2 aromatic carbocycles. The number of carbonyl (C=O) groups excluding carboxylic acids is 1. The first-order chi connectivity index (χ1) is 16.2. The van der Waals surface area contributed by atoms with E-state index in [-0.39, 0.29) is 11.4 Å². The van der Waals surface area contributed by atoms with Gasteiger partial charge in [0, 0.05) is 21.4 Å². The summed E-state index contributed by atoms with van der Waals surface area (Å²) in [5.74, 6) is 0.732. The summed E-state index contributed by atoms with van der Waals surface area (Å²) in [5, 5.41) is 5.20. The highest BCUT2D eigenvalue weighted by Gasteiger charge is 2.32. The molecule has 0 atom stereocenters. The number of thioether (sulfide) groups is 1. The third-order valence-electron chi connectivity index (χ3n) is 4.93. The molecule has 0 spiro atoms. The van der Waals surface area contributed by atoms with Crippen LogP contribution in [0.5, 0.6) is 5.75 Å². The van der Waals surface area contributed by atoms with E-state index in [2.05, 4.69) is 14.9 Å². The molecule has 0 saturated heterocycles. The molecule has 1 aliphatic rings. The zero-order valence-electron chi connectivity index (χ0n) is 17.9. The van der Waals surface area contributed by atoms with Crippen LogP contribution in [-0.4, -0.2) is 22.8 Å². The van der Waals surface area contributed by atoms with E-state index in [1.165, 1.54) is 40.9 Å².